The minimum Gasteiger partial charge on any atom is -0.506 e. The predicted molar refractivity (Wildman–Crippen MR) is 56.1 cm³/mol. The van der Waals surface area contributed by atoms with Gasteiger partial charge in [0.05, 0.1) is 4.70 Å². The van der Waals surface area contributed by atoms with Crippen molar-refractivity contribution < 1.29 is 9.90 Å². The predicted octanol–water partition coefficient (Wildman–Crippen LogP) is 2.71. The fraction of sp³-hybridized carbons (Fsp3) is 0. The van der Waals surface area contributed by atoms with E-state index < -0.39 is 0 Å². The van der Waals surface area contributed by atoms with Crippen LogP contribution >= 0.6 is 24.0 Å². The number of fused-ring (bicyclic) bond motifs is 1. The molecule has 0 amide bonds. The third-order valence-corrected chi connectivity index (χ3v) is 3.37. The van der Waals surface area contributed by atoms with Crippen LogP contribution in [0.2, 0.25) is 0 Å². The second kappa shape index (κ2) is 3.05. The maximum absolute atomic E-state index is 10.7. The van der Waals surface area contributed by atoms with Crippen LogP contribution in [0.15, 0.2) is 22.4 Å². The monoisotopic (exact) mass is 210 g/mol. The lowest BCUT2D eigenvalue weighted by Gasteiger charge is -1.97. The third kappa shape index (κ3) is 1.22. The molecule has 0 radical (unpaired) electrons. The standard InChI is InChI=1S/C9H6O2S2/c10-3-5-1-2-6(11)9-8(5)7(12)4-13-9/h1-4,11-12H. The van der Waals surface area contributed by atoms with Gasteiger partial charge in [-0.1, -0.05) is 0 Å². The van der Waals surface area contributed by atoms with Crippen LogP contribution in [0.1, 0.15) is 10.4 Å². The molecule has 0 atom stereocenters. The van der Waals surface area contributed by atoms with Gasteiger partial charge in [-0.2, -0.15) is 0 Å². The van der Waals surface area contributed by atoms with Crippen LogP contribution in [0.25, 0.3) is 10.1 Å². The van der Waals surface area contributed by atoms with Gasteiger partial charge < -0.3 is 5.11 Å². The van der Waals surface area contributed by atoms with Crippen LogP contribution in [-0.4, -0.2) is 11.4 Å². The first-order valence-corrected chi connectivity index (χ1v) is 4.94. The largest absolute Gasteiger partial charge is 0.506 e. The number of hydrogen-bond acceptors (Lipinski definition) is 4. The molecular weight excluding hydrogens is 204 g/mol. The lowest BCUT2D eigenvalue weighted by Crippen LogP contribution is -1.80. The molecule has 1 heterocycles. The van der Waals surface area contributed by atoms with E-state index in [2.05, 4.69) is 12.6 Å². The van der Waals surface area contributed by atoms with Crippen LogP contribution in [-0.2, 0) is 0 Å². The van der Waals surface area contributed by atoms with E-state index >= 15 is 0 Å². The Morgan fingerprint density at radius 1 is 1.46 bits per heavy atom. The molecule has 0 fully saturated rings. The van der Waals surface area contributed by atoms with Gasteiger partial charge in [0.25, 0.3) is 0 Å². The van der Waals surface area contributed by atoms with E-state index in [0.717, 1.165) is 21.3 Å². The van der Waals surface area contributed by atoms with Gasteiger partial charge in [0.2, 0.25) is 0 Å². The van der Waals surface area contributed by atoms with Crippen molar-refractivity contribution in [2.24, 2.45) is 0 Å². The molecule has 0 unspecified atom stereocenters. The third-order valence-electron chi connectivity index (χ3n) is 1.84. The fourth-order valence-electron chi connectivity index (χ4n) is 1.24. The molecule has 4 heteroatoms. The molecule has 1 N–H and O–H groups in total. The van der Waals surface area contributed by atoms with Crippen molar-refractivity contribution >= 4 is 40.3 Å². The first kappa shape index (κ1) is 8.59. The van der Waals surface area contributed by atoms with Gasteiger partial charge >= 0.3 is 0 Å². The zero-order valence-corrected chi connectivity index (χ0v) is 8.23. The average Bonchev–Trinajstić information content (AvgIpc) is 2.51. The molecule has 0 spiro atoms. The number of phenolic OH excluding ortho intramolecular Hbond substituents is 1. The number of rotatable bonds is 1. The topological polar surface area (TPSA) is 37.3 Å². The molecule has 1 aromatic carbocycles. The van der Waals surface area contributed by atoms with Crippen LogP contribution in [0.3, 0.4) is 0 Å². The maximum Gasteiger partial charge on any atom is 0.150 e. The highest BCUT2D eigenvalue weighted by Crippen LogP contribution is 2.36. The zero-order chi connectivity index (χ0) is 9.42. The van der Waals surface area contributed by atoms with Gasteiger partial charge in [-0.3, -0.25) is 4.79 Å². The summed E-state index contributed by atoms with van der Waals surface area (Å²) in [6, 6.07) is 3.12. The van der Waals surface area contributed by atoms with E-state index in [1.165, 1.54) is 17.4 Å². The average molecular weight is 210 g/mol. The molecule has 2 nitrogen and oxygen atoms in total. The summed E-state index contributed by atoms with van der Waals surface area (Å²) in [7, 11) is 0. The van der Waals surface area contributed by atoms with Gasteiger partial charge in [-0.05, 0) is 12.1 Å². The van der Waals surface area contributed by atoms with Crippen molar-refractivity contribution in [1.82, 2.24) is 0 Å². The first-order chi connectivity index (χ1) is 6.24. The molecule has 1 aromatic heterocycles. The Bertz CT molecular complexity index is 474. The normalized spacial score (nSPS) is 10.5. The van der Waals surface area contributed by atoms with Gasteiger partial charge in [0, 0.05) is 21.2 Å². The van der Waals surface area contributed by atoms with Gasteiger partial charge in [0.15, 0.2) is 6.29 Å². The summed E-state index contributed by atoms with van der Waals surface area (Å²) in [5, 5.41) is 12.0. The number of aldehydes is 1. The summed E-state index contributed by atoms with van der Waals surface area (Å²) in [6.45, 7) is 0. The van der Waals surface area contributed by atoms with E-state index in [-0.39, 0.29) is 5.75 Å². The summed E-state index contributed by atoms with van der Waals surface area (Å²) in [6.07, 6.45) is 0.772. The quantitative estimate of drug-likeness (QED) is 0.561. The van der Waals surface area contributed by atoms with Crippen molar-refractivity contribution in [3.63, 3.8) is 0 Å². The van der Waals surface area contributed by atoms with E-state index in [4.69, 9.17) is 0 Å². The van der Waals surface area contributed by atoms with Crippen molar-refractivity contribution in [3.8, 4) is 5.75 Å². The van der Waals surface area contributed by atoms with Gasteiger partial charge in [0.1, 0.15) is 5.75 Å². The second-order valence-corrected chi connectivity index (χ2v) is 3.98. The molecule has 0 aliphatic carbocycles. The van der Waals surface area contributed by atoms with E-state index in [1.807, 2.05) is 0 Å². The minimum atomic E-state index is 0.200. The van der Waals surface area contributed by atoms with E-state index in [0.29, 0.717) is 5.56 Å². The molecular formula is C9H6O2S2. The SMILES string of the molecule is O=Cc1ccc(O)c2scc(S)c12. The second-order valence-electron chi connectivity index (χ2n) is 2.62. The Morgan fingerprint density at radius 3 is 2.92 bits per heavy atom. The Balaban J connectivity index is 2.96. The molecule has 13 heavy (non-hydrogen) atoms. The number of hydrogen-bond donors (Lipinski definition) is 2. The molecule has 0 bridgehead atoms. The van der Waals surface area contributed by atoms with Crippen LogP contribution < -0.4 is 0 Å². The summed E-state index contributed by atoms with van der Waals surface area (Å²) < 4.78 is 0.717. The minimum absolute atomic E-state index is 0.200. The molecule has 2 rings (SSSR count). The van der Waals surface area contributed by atoms with E-state index in [9.17, 15) is 9.90 Å². The van der Waals surface area contributed by atoms with E-state index in [1.54, 1.807) is 11.4 Å². The highest BCUT2D eigenvalue weighted by Gasteiger charge is 2.09. The van der Waals surface area contributed by atoms with Gasteiger partial charge in [-0.15, -0.1) is 24.0 Å². The fourth-order valence-corrected chi connectivity index (χ4v) is 2.60. The Kier molecular flexibility index (Phi) is 2.01. The first-order valence-electron chi connectivity index (χ1n) is 3.61. The Labute approximate surface area is 84.2 Å². The lowest BCUT2D eigenvalue weighted by molar-refractivity contribution is 0.112. The summed E-state index contributed by atoms with van der Waals surface area (Å²) in [4.78, 5) is 11.4. The number of benzene rings is 1. The lowest BCUT2D eigenvalue weighted by atomic mass is 10.1. The van der Waals surface area contributed by atoms with Crippen molar-refractivity contribution in [2.75, 3.05) is 0 Å². The van der Waals surface area contributed by atoms with Crippen LogP contribution in [0.5, 0.6) is 5.75 Å². The summed E-state index contributed by atoms with van der Waals surface area (Å²) in [5.41, 5.74) is 0.569. The number of thiophene rings is 1. The number of carbonyl (C=O) groups is 1. The van der Waals surface area contributed by atoms with Crippen LogP contribution in [0.4, 0.5) is 0 Å². The Hall–Kier alpha value is -1.00. The highest BCUT2D eigenvalue weighted by atomic mass is 32.1. The molecule has 66 valence electrons. The highest BCUT2D eigenvalue weighted by molar-refractivity contribution is 7.80. The smallest absolute Gasteiger partial charge is 0.150 e. The molecule has 0 aliphatic rings. The van der Waals surface area contributed by atoms with Gasteiger partial charge in [-0.25, -0.2) is 0 Å². The summed E-state index contributed by atoms with van der Waals surface area (Å²) >= 11 is 5.60. The number of thiol groups is 1. The molecule has 2 aromatic rings. The Morgan fingerprint density at radius 2 is 2.23 bits per heavy atom. The number of aromatic hydroxyl groups is 1. The maximum atomic E-state index is 10.7. The molecule has 0 aliphatic heterocycles. The number of carbonyl (C=O) groups excluding carboxylic acids is 1. The molecule has 0 saturated carbocycles. The van der Waals surface area contributed by atoms with Crippen molar-refractivity contribution in [2.45, 2.75) is 4.90 Å². The summed E-state index contributed by atoms with van der Waals surface area (Å²) in [5.74, 6) is 0.200. The number of phenols is 1. The van der Waals surface area contributed by atoms with Crippen molar-refractivity contribution in [3.05, 3.63) is 23.1 Å². The molecule has 0 saturated heterocycles. The van der Waals surface area contributed by atoms with Crippen LogP contribution in [0, 0.1) is 0 Å². The van der Waals surface area contributed by atoms with Crippen molar-refractivity contribution in [1.29, 1.82) is 0 Å². The zero-order valence-electron chi connectivity index (χ0n) is 6.52.